The highest BCUT2D eigenvalue weighted by atomic mass is 79.9. The molecule has 2 rings (SSSR count). The summed E-state index contributed by atoms with van der Waals surface area (Å²) in [5.41, 5.74) is 3.39. The van der Waals surface area contributed by atoms with Gasteiger partial charge in [-0.25, -0.2) is 0 Å². The topological polar surface area (TPSA) is 40.5 Å². The number of rotatable bonds is 3. The standard InChI is InChI=1S/C17H18BrNO2/c1-4-19(16-10-13(20)7-6-12(16)3)17(21)14-8-5-11(2)9-15(14)18/h5-10,20H,4H2,1-3H3. The van der Waals surface area contributed by atoms with E-state index in [1.165, 1.54) is 0 Å². The van der Waals surface area contributed by atoms with Gasteiger partial charge in [-0.3, -0.25) is 4.79 Å². The Hall–Kier alpha value is -1.81. The molecular weight excluding hydrogens is 330 g/mol. The van der Waals surface area contributed by atoms with Crippen LogP contribution in [0.3, 0.4) is 0 Å². The van der Waals surface area contributed by atoms with Gasteiger partial charge in [0.15, 0.2) is 0 Å². The second-order valence-corrected chi connectivity index (χ2v) is 5.86. The van der Waals surface area contributed by atoms with Crippen LogP contribution in [0.4, 0.5) is 5.69 Å². The second kappa shape index (κ2) is 6.31. The molecule has 3 nitrogen and oxygen atoms in total. The van der Waals surface area contributed by atoms with Crippen LogP contribution in [0.5, 0.6) is 5.75 Å². The van der Waals surface area contributed by atoms with Gasteiger partial charge in [0.2, 0.25) is 0 Å². The monoisotopic (exact) mass is 347 g/mol. The van der Waals surface area contributed by atoms with Crippen LogP contribution < -0.4 is 4.90 Å². The van der Waals surface area contributed by atoms with Crippen molar-refractivity contribution in [1.82, 2.24) is 0 Å². The van der Waals surface area contributed by atoms with E-state index in [1.807, 2.05) is 45.0 Å². The van der Waals surface area contributed by atoms with Crippen molar-refractivity contribution in [2.75, 3.05) is 11.4 Å². The van der Waals surface area contributed by atoms with Gasteiger partial charge in [-0.1, -0.05) is 12.1 Å². The SMILES string of the molecule is CCN(C(=O)c1ccc(C)cc1Br)c1cc(O)ccc1C. The van der Waals surface area contributed by atoms with E-state index >= 15 is 0 Å². The first-order valence-corrected chi connectivity index (χ1v) is 7.61. The van der Waals surface area contributed by atoms with Gasteiger partial charge in [0.05, 0.1) is 11.3 Å². The Morgan fingerprint density at radius 2 is 1.90 bits per heavy atom. The lowest BCUT2D eigenvalue weighted by atomic mass is 10.1. The molecule has 2 aromatic carbocycles. The second-order valence-electron chi connectivity index (χ2n) is 5.00. The van der Waals surface area contributed by atoms with Crippen LogP contribution in [0.25, 0.3) is 0 Å². The van der Waals surface area contributed by atoms with E-state index in [0.29, 0.717) is 12.1 Å². The molecule has 0 bridgehead atoms. The lowest BCUT2D eigenvalue weighted by molar-refractivity contribution is 0.0987. The largest absolute Gasteiger partial charge is 0.508 e. The van der Waals surface area contributed by atoms with Crippen molar-refractivity contribution in [2.24, 2.45) is 0 Å². The molecule has 21 heavy (non-hydrogen) atoms. The van der Waals surface area contributed by atoms with Gasteiger partial charge in [0.25, 0.3) is 5.91 Å². The number of carbonyl (C=O) groups is 1. The maximum absolute atomic E-state index is 12.8. The summed E-state index contributed by atoms with van der Waals surface area (Å²) < 4.78 is 0.781. The van der Waals surface area contributed by atoms with Gasteiger partial charge in [-0.05, 0) is 66.0 Å². The summed E-state index contributed by atoms with van der Waals surface area (Å²) in [6.07, 6.45) is 0. The van der Waals surface area contributed by atoms with Crippen LogP contribution >= 0.6 is 15.9 Å². The average molecular weight is 348 g/mol. The molecule has 0 saturated heterocycles. The minimum absolute atomic E-state index is 0.0851. The number of aryl methyl sites for hydroxylation is 2. The number of nitrogens with zero attached hydrogens (tertiary/aromatic N) is 1. The van der Waals surface area contributed by atoms with Crippen LogP contribution in [0, 0.1) is 13.8 Å². The highest BCUT2D eigenvalue weighted by Gasteiger charge is 2.20. The highest BCUT2D eigenvalue weighted by molar-refractivity contribution is 9.10. The van der Waals surface area contributed by atoms with E-state index in [0.717, 1.165) is 21.3 Å². The number of carbonyl (C=O) groups excluding carboxylic acids is 1. The minimum atomic E-state index is -0.0851. The Kier molecular flexibility index (Phi) is 4.68. The third-order valence-electron chi connectivity index (χ3n) is 3.40. The Bertz CT molecular complexity index is 682. The Morgan fingerprint density at radius 1 is 1.19 bits per heavy atom. The van der Waals surface area contributed by atoms with Gasteiger partial charge < -0.3 is 10.0 Å². The van der Waals surface area contributed by atoms with Gasteiger partial charge in [0, 0.05) is 17.1 Å². The van der Waals surface area contributed by atoms with Crippen molar-refractivity contribution in [3.05, 3.63) is 57.6 Å². The average Bonchev–Trinajstić information content (AvgIpc) is 2.43. The van der Waals surface area contributed by atoms with Gasteiger partial charge in [-0.2, -0.15) is 0 Å². The molecule has 0 saturated carbocycles. The summed E-state index contributed by atoms with van der Waals surface area (Å²) in [6.45, 7) is 6.36. The fraction of sp³-hybridized carbons (Fsp3) is 0.235. The van der Waals surface area contributed by atoms with Gasteiger partial charge in [-0.15, -0.1) is 0 Å². The zero-order valence-electron chi connectivity index (χ0n) is 12.4. The van der Waals surface area contributed by atoms with Crippen LogP contribution in [-0.4, -0.2) is 17.6 Å². The number of anilines is 1. The molecule has 0 unspecified atom stereocenters. The van der Waals surface area contributed by atoms with Crippen molar-refractivity contribution >= 4 is 27.5 Å². The fourth-order valence-corrected chi connectivity index (χ4v) is 2.91. The molecule has 2 aromatic rings. The fourth-order valence-electron chi connectivity index (χ4n) is 2.25. The van der Waals surface area contributed by atoms with Gasteiger partial charge >= 0.3 is 0 Å². The maximum Gasteiger partial charge on any atom is 0.259 e. The van der Waals surface area contributed by atoms with Crippen molar-refractivity contribution < 1.29 is 9.90 Å². The first-order chi connectivity index (χ1) is 9.93. The summed E-state index contributed by atoms with van der Waals surface area (Å²) in [4.78, 5) is 14.5. The number of amides is 1. The molecule has 1 amide bonds. The number of hydrogen-bond donors (Lipinski definition) is 1. The third kappa shape index (κ3) is 3.27. The molecule has 0 atom stereocenters. The van der Waals surface area contributed by atoms with Crippen molar-refractivity contribution in [3.8, 4) is 5.75 Å². The molecule has 0 aliphatic rings. The lowest BCUT2D eigenvalue weighted by Gasteiger charge is -2.24. The number of aromatic hydroxyl groups is 1. The highest BCUT2D eigenvalue weighted by Crippen LogP contribution is 2.28. The van der Waals surface area contributed by atoms with E-state index in [9.17, 15) is 9.90 Å². The molecule has 1 N–H and O–H groups in total. The maximum atomic E-state index is 12.8. The zero-order chi connectivity index (χ0) is 15.6. The molecule has 0 fully saturated rings. The predicted octanol–water partition coefficient (Wildman–Crippen LogP) is 4.44. The summed E-state index contributed by atoms with van der Waals surface area (Å²) >= 11 is 3.45. The van der Waals surface area contributed by atoms with E-state index < -0.39 is 0 Å². The number of phenols is 1. The molecule has 110 valence electrons. The summed E-state index contributed by atoms with van der Waals surface area (Å²) in [7, 11) is 0. The third-order valence-corrected chi connectivity index (χ3v) is 4.06. The smallest absolute Gasteiger partial charge is 0.259 e. The van der Waals surface area contributed by atoms with Gasteiger partial charge in [0.1, 0.15) is 5.75 Å². The van der Waals surface area contributed by atoms with Crippen LogP contribution in [-0.2, 0) is 0 Å². The molecule has 0 aliphatic carbocycles. The molecule has 0 heterocycles. The molecular formula is C17H18BrNO2. The molecule has 0 aliphatic heterocycles. The van der Waals surface area contributed by atoms with Crippen LogP contribution in [0.2, 0.25) is 0 Å². The lowest BCUT2D eigenvalue weighted by Crippen LogP contribution is -2.31. The van der Waals surface area contributed by atoms with E-state index in [2.05, 4.69) is 15.9 Å². The van der Waals surface area contributed by atoms with Crippen molar-refractivity contribution in [3.63, 3.8) is 0 Å². The quantitative estimate of drug-likeness (QED) is 0.891. The number of phenolic OH excluding ortho intramolecular Hbond substituents is 1. The van der Waals surface area contributed by atoms with E-state index in [1.54, 1.807) is 17.0 Å². The summed E-state index contributed by atoms with van der Waals surface area (Å²) in [5.74, 6) is 0.0721. The molecule has 4 heteroatoms. The van der Waals surface area contributed by atoms with Crippen molar-refractivity contribution in [2.45, 2.75) is 20.8 Å². The normalized spacial score (nSPS) is 10.5. The first kappa shape index (κ1) is 15.6. The van der Waals surface area contributed by atoms with E-state index in [4.69, 9.17) is 0 Å². The predicted molar refractivity (Wildman–Crippen MR) is 89.1 cm³/mol. The van der Waals surface area contributed by atoms with Crippen LogP contribution in [0.1, 0.15) is 28.4 Å². The molecule has 0 spiro atoms. The number of halogens is 1. The number of benzene rings is 2. The zero-order valence-corrected chi connectivity index (χ0v) is 13.9. The van der Waals surface area contributed by atoms with Crippen LogP contribution in [0.15, 0.2) is 40.9 Å². The Labute approximate surface area is 133 Å². The van der Waals surface area contributed by atoms with Crippen molar-refractivity contribution in [1.29, 1.82) is 0 Å². The number of hydrogen-bond acceptors (Lipinski definition) is 2. The summed E-state index contributed by atoms with van der Waals surface area (Å²) in [5, 5.41) is 9.68. The Morgan fingerprint density at radius 3 is 2.52 bits per heavy atom. The molecule has 0 radical (unpaired) electrons. The summed E-state index contributed by atoms with van der Waals surface area (Å²) in [6, 6.07) is 10.7. The first-order valence-electron chi connectivity index (χ1n) is 6.81. The Balaban J connectivity index is 2.45. The van der Waals surface area contributed by atoms with E-state index in [-0.39, 0.29) is 11.7 Å². The molecule has 0 aromatic heterocycles. The minimum Gasteiger partial charge on any atom is -0.508 e.